The summed E-state index contributed by atoms with van der Waals surface area (Å²) in [5.41, 5.74) is 21.4. The second-order valence-electron chi connectivity index (χ2n) is 17.3. The third-order valence-corrected chi connectivity index (χ3v) is 13.3. The molecule has 0 saturated heterocycles. The highest BCUT2D eigenvalue weighted by molar-refractivity contribution is 5.98. The summed E-state index contributed by atoms with van der Waals surface area (Å²) in [5, 5.41) is 2.55. The molecule has 282 valence electrons. The van der Waals surface area contributed by atoms with E-state index in [4.69, 9.17) is 0 Å². The van der Waals surface area contributed by atoms with E-state index in [0.717, 1.165) is 17.1 Å². The number of hydrogen-bond donors (Lipinski definition) is 0. The Kier molecular flexibility index (Phi) is 7.94. The van der Waals surface area contributed by atoms with Crippen LogP contribution in [0.4, 0.5) is 17.1 Å². The Morgan fingerprint density at radius 2 is 0.780 bits per heavy atom. The Labute approximate surface area is 347 Å². The van der Waals surface area contributed by atoms with Crippen LogP contribution in [0.5, 0.6) is 0 Å². The van der Waals surface area contributed by atoms with Gasteiger partial charge in [-0.15, -0.1) is 0 Å². The molecule has 0 saturated carbocycles. The number of nitrogens with zero attached hydrogens (tertiary/aromatic N) is 1. The normalized spacial score (nSPS) is 14.0. The van der Waals surface area contributed by atoms with Crippen LogP contribution < -0.4 is 4.90 Å². The largest absolute Gasteiger partial charge is 0.310 e. The van der Waals surface area contributed by atoms with Crippen LogP contribution >= 0.6 is 0 Å². The molecule has 0 radical (unpaired) electrons. The molecule has 0 aromatic heterocycles. The number of rotatable bonds is 6. The zero-order chi connectivity index (χ0) is 39.9. The van der Waals surface area contributed by atoms with Gasteiger partial charge in [0.2, 0.25) is 0 Å². The van der Waals surface area contributed by atoms with E-state index in [-0.39, 0.29) is 10.8 Å². The zero-order valence-corrected chi connectivity index (χ0v) is 34.0. The Bertz CT molecular complexity index is 3070. The van der Waals surface area contributed by atoms with Gasteiger partial charge in [-0.05, 0) is 125 Å². The third-order valence-electron chi connectivity index (χ3n) is 13.3. The Balaban J connectivity index is 1.02. The zero-order valence-electron chi connectivity index (χ0n) is 34.0. The van der Waals surface area contributed by atoms with Gasteiger partial charge in [0.15, 0.2) is 0 Å². The number of benzene rings is 9. The van der Waals surface area contributed by atoms with Crippen LogP contribution in [0.2, 0.25) is 0 Å². The fraction of sp³-hybridized carbons (Fsp3) is 0.103. The van der Waals surface area contributed by atoms with Crippen molar-refractivity contribution < 1.29 is 0 Å². The summed E-state index contributed by atoms with van der Waals surface area (Å²) in [4.78, 5) is 2.46. The van der Waals surface area contributed by atoms with Gasteiger partial charge in [0.25, 0.3) is 0 Å². The summed E-state index contributed by atoms with van der Waals surface area (Å²) >= 11 is 0. The Morgan fingerprint density at radius 3 is 1.54 bits per heavy atom. The predicted octanol–water partition coefficient (Wildman–Crippen LogP) is 15.9. The molecule has 0 N–H and O–H groups in total. The molecule has 0 bridgehead atoms. The average Bonchev–Trinajstić information content (AvgIpc) is 3.66. The van der Waals surface area contributed by atoms with Crippen LogP contribution in [-0.4, -0.2) is 0 Å². The minimum atomic E-state index is -0.190. The monoisotopic (exact) mass is 755 g/mol. The first-order valence-electron chi connectivity index (χ1n) is 20.8. The van der Waals surface area contributed by atoms with E-state index in [1.807, 2.05) is 0 Å². The average molecular weight is 756 g/mol. The van der Waals surface area contributed by atoms with Gasteiger partial charge in [-0.3, -0.25) is 0 Å². The standard InChI is InChI=1S/C58H45N/c1-57(2)52-22-11-10-19-49(52)50-34-32-44(36-54(50)57)59(43-30-28-39(29-31-43)38-14-6-5-7-15-38)45-33-35-51-55(37-45)58(3,4)53-23-13-21-48(56(51)53)42-26-24-41(25-27-42)47-20-12-17-40-16-8-9-18-46(40)47/h5-37H,1-4H3. The van der Waals surface area contributed by atoms with E-state index < -0.39 is 0 Å². The maximum atomic E-state index is 2.46. The van der Waals surface area contributed by atoms with E-state index in [9.17, 15) is 0 Å². The summed E-state index contributed by atoms with van der Waals surface area (Å²) in [7, 11) is 0. The predicted molar refractivity (Wildman–Crippen MR) is 250 cm³/mol. The quantitative estimate of drug-likeness (QED) is 0.163. The van der Waals surface area contributed by atoms with Crippen molar-refractivity contribution >= 4 is 27.8 Å². The molecule has 1 nitrogen and oxygen atoms in total. The number of hydrogen-bond acceptors (Lipinski definition) is 1. The van der Waals surface area contributed by atoms with Gasteiger partial charge in [-0.25, -0.2) is 0 Å². The summed E-state index contributed by atoms with van der Waals surface area (Å²) in [5.74, 6) is 0. The van der Waals surface area contributed by atoms with E-state index in [1.165, 1.54) is 88.7 Å². The molecule has 0 atom stereocenters. The lowest BCUT2D eigenvalue weighted by atomic mass is 9.81. The SMILES string of the molecule is CC1(C)c2ccccc2-c2ccc(N(c3ccc(-c4ccccc4)cc3)c3ccc4c(c3)C(C)(C)c3cccc(-c5ccc(-c6cccc7ccccc67)cc5)c3-4)cc21. The van der Waals surface area contributed by atoms with Crippen LogP contribution in [0.1, 0.15) is 49.9 Å². The summed E-state index contributed by atoms with van der Waals surface area (Å²) in [6.07, 6.45) is 0. The Hall–Kier alpha value is -6.96. The lowest BCUT2D eigenvalue weighted by molar-refractivity contribution is 0.660. The Morgan fingerprint density at radius 1 is 0.305 bits per heavy atom. The number of fused-ring (bicyclic) bond motifs is 7. The molecule has 59 heavy (non-hydrogen) atoms. The topological polar surface area (TPSA) is 3.24 Å². The van der Waals surface area contributed by atoms with Crippen molar-refractivity contribution in [1.29, 1.82) is 0 Å². The van der Waals surface area contributed by atoms with E-state index in [1.54, 1.807) is 0 Å². The fourth-order valence-corrected chi connectivity index (χ4v) is 10.2. The van der Waals surface area contributed by atoms with Crippen molar-refractivity contribution in [1.82, 2.24) is 0 Å². The highest BCUT2D eigenvalue weighted by Crippen LogP contribution is 2.55. The van der Waals surface area contributed by atoms with Crippen molar-refractivity contribution in [3.05, 3.63) is 222 Å². The van der Waals surface area contributed by atoms with Crippen LogP contribution in [0.15, 0.2) is 200 Å². The van der Waals surface area contributed by atoms with Gasteiger partial charge in [-0.2, -0.15) is 0 Å². The lowest BCUT2D eigenvalue weighted by Gasteiger charge is -2.30. The van der Waals surface area contributed by atoms with Crippen LogP contribution in [0, 0.1) is 0 Å². The lowest BCUT2D eigenvalue weighted by Crippen LogP contribution is -2.18. The molecule has 0 aliphatic heterocycles. The highest BCUT2D eigenvalue weighted by Gasteiger charge is 2.38. The second kappa shape index (κ2) is 13.3. The summed E-state index contributed by atoms with van der Waals surface area (Å²) < 4.78 is 0. The van der Waals surface area contributed by atoms with Crippen molar-refractivity contribution in [2.75, 3.05) is 4.90 Å². The maximum Gasteiger partial charge on any atom is 0.0465 e. The van der Waals surface area contributed by atoms with E-state index in [0.29, 0.717) is 0 Å². The van der Waals surface area contributed by atoms with Crippen LogP contribution in [0.3, 0.4) is 0 Å². The molecule has 0 heterocycles. The minimum absolute atomic E-state index is 0.101. The van der Waals surface area contributed by atoms with Gasteiger partial charge in [0.1, 0.15) is 0 Å². The maximum absolute atomic E-state index is 2.46. The molecule has 0 unspecified atom stereocenters. The molecule has 0 amide bonds. The first-order chi connectivity index (χ1) is 28.8. The van der Waals surface area contributed by atoms with Crippen molar-refractivity contribution in [3.8, 4) is 55.6 Å². The fourth-order valence-electron chi connectivity index (χ4n) is 10.2. The minimum Gasteiger partial charge on any atom is -0.310 e. The smallest absolute Gasteiger partial charge is 0.0465 e. The van der Waals surface area contributed by atoms with Crippen molar-refractivity contribution in [2.24, 2.45) is 0 Å². The van der Waals surface area contributed by atoms with Crippen molar-refractivity contribution in [3.63, 3.8) is 0 Å². The highest BCUT2D eigenvalue weighted by atomic mass is 15.1. The van der Waals surface area contributed by atoms with Gasteiger partial charge in [0, 0.05) is 27.9 Å². The van der Waals surface area contributed by atoms with E-state index >= 15 is 0 Å². The molecule has 2 aliphatic rings. The van der Waals surface area contributed by atoms with Gasteiger partial charge < -0.3 is 4.90 Å². The first-order valence-corrected chi connectivity index (χ1v) is 20.8. The van der Waals surface area contributed by atoms with E-state index in [2.05, 4.69) is 233 Å². The molecule has 9 aromatic carbocycles. The van der Waals surface area contributed by atoms with Crippen LogP contribution in [0.25, 0.3) is 66.4 Å². The molecule has 2 aliphatic carbocycles. The molecule has 11 rings (SSSR count). The van der Waals surface area contributed by atoms with Crippen LogP contribution in [-0.2, 0) is 10.8 Å². The van der Waals surface area contributed by atoms with Gasteiger partial charge in [-0.1, -0.05) is 191 Å². The third kappa shape index (κ3) is 5.53. The molecular formula is C58H45N. The van der Waals surface area contributed by atoms with Crippen molar-refractivity contribution in [2.45, 2.75) is 38.5 Å². The summed E-state index contributed by atoms with van der Waals surface area (Å²) in [6.45, 7) is 9.51. The molecular weight excluding hydrogens is 711 g/mol. The number of anilines is 3. The summed E-state index contributed by atoms with van der Waals surface area (Å²) in [6, 6.07) is 74.2. The molecule has 9 aromatic rings. The molecule has 1 heteroatoms. The van der Waals surface area contributed by atoms with Gasteiger partial charge in [0.05, 0.1) is 0 Å². The second-order valence-corrected chi connectivity index (χ2v) is 17.3. The first kappa shape index (κ1) is 35.2. The van der Waals surface area contributed by atoms with Gasteiger partial charge >= 0.3 is 0 Å². The molecule has 0 fully saturated rings. The molecule has 0 spiro atoms.